The molecule has 5 heteroatoms. The molecule has 0 aliphatic carbocycles. The van der Waals surface area contributed by atoms with E-state index >= 15 is 0 Å². The standard InChI is InChI=1S/C9H12N4S/c1-3-6-8(7-4-5-11-14-7)12-13(2)9(6)10/h4-5H,3,10H2,1-2H3. The molecule has 0 spiro atoms. The van der Waals surface area contributed by atoms with Crippen molar-refractivity contribution in [1.29, 1.82) is 0 Å². The predicted molar refractivity (Wildman–Crippen MR) is 58.1 cm³/mol. The maximum atomic E-state index is 5.90. The average molecular weight is 208 g/mol. The largest absolute Gasteiger partial charge is 0.384 e. The summed E-state index contributed by atoms with van der Waals surface area (Å²) < 4.78 is 5.78. The van der Waals surface area contributed by atoms with Crippen LogP contribution in [0.15, 0.2) is 12.3 Å². The van der Waals surface area contributed by atoms with E-state index in [-0.39, 0.29) is 0 Å². The molecule has 0 aliphatic rings. The highest BCUT2D eigenvalue weighted by Crippen LogP contribution is 2.28. The fraction of sp³-hybridized carbons (Fsp3) is 0.333. The van der Waals surface area contributed by atoms with Crippen molar-refractivity contribution in [3.8, 4) is 10.6 Å². The van der Waals surface area contributed by atoms with Gasteiger partial charge in [-0.15, -0.1) is 0 Å². The molecular weight excluding hydrogens is 196 g/mol. The molecule has 2 heterocycles. The van der Waals surface area contributed by atoms with E-state index in [0.717, 1.165) is 28.4 Å². The topological polar surface area (TPSA) is 56.7 Å². The summed E-state index contributed by atoms with van der Waals surface area (Å²) in [5.41, 5.74) is 7.98. The minimum absolute atomic E-state index is 0.746. The van der Waals surface area contributed by atoms with E-state index in [0.29, 0.717) is 0 Å². The fourth-order valence-electron chi connectivity index (χ4n) is 1.47. The van der Waals surface area contributed by atoms with Crippen molar-refractivity contribution in [1.82, 2.24) is 14.2 Å². The van der Waals surface area contributed by atoms with Gasteiger partial charge in [0.25, 0.3) is 0 Å². The molecule has 2 aromatic rings. The molecule has 0 radical (unpaired) electrons. The molecule has 2 rings (SSSR count). The Morgan fingerprint density at radius 2 is 2.36 bits per heavy atom. The first-order chi connectivity index (χ1) is 6.74. The van der Waals surface area contributed by atoms with Crippen LogP contribution in [0.25, 0.3) is 10.6 Å². The smallest absolute Gasteiger partial charge is 0.125 e. The van der Waals surface area contributed by atoms with E-state index in [1.807, 2.05) is 13.1 Å². The highest BCUT2D eigenvalue weighted by atomic mass is 32.1. The third-order valence-corrected chi connectivity index (χ3v) is 2.97. The highest BCUT2D eigenvalue weighted by molar-refractivity contribution is 7.09. The van der Waals surface area contributed by atoms with Gasteiger partial charge in [-0.05, 0) is 24.0 Å². The van der Waals surface area contributed by atoms with Crippen LogP contribution < -0.4 is 5.73 Å². The number of rotatable bonds is 2. The lowest BCUT2D eigenvalue weighted by atomic mass is 10.1. The third kappa shape index (κ3) is 1.29. The van der Waals surface area contributed by atoms with Gasteiger partial charge in [-0.3, -0.25) is 4.68 Å². The Morgan fingerprint density at radius 3 is 2.93 bits per heavy atom. The van der Waals surface area contributed by atoms with Crippen LogP contribution >= 0.6 is 11.5 Å². The van der Waals surface area contributed by atoms with Crippen molar-refractivity contribution in [3.63, 3.8) is 0 Å². The summed E-state index contributed by atoms with van der Waals surface area (Å²) in [5.74, 6) is 0.746. The number of nitrogen functional groups attached to an aromatic ring is 1. The van der Waals surface area contributed by atoms with Crippen LogP contribution in [-0.4, -0.2) is 14.2 Å². The van der Waals surface area contributed by atoms with Crippen LogP contribution in [0.1, 0.15) is 12.5 Å². The summed E-state index contributed by atoms with van der Waals surface area (Å²) in [4.78, 5) is 1.08. The van der Waals surface area contributed by atoms with Gasteiger partial charge in [0.2, 0.25) is 0 Å². The van der Waals surface area contributed by atoms with Gasteiger partial charge < -0.3 is 5.73 Å². The molecule has 0 saturated heterocycles. The van der Waals surface area contributed by atoms with Gasteiger partial charge in [-0.2, -0.15) is 5.10 Å². The van der Waals surface area contributed by atoms with E-state index in [1.54, 1.807) is 10.9 Å². The molecule has 4 nitrogen and oxygen atoms in total. The molecule has 74 valence electrons. The quantitative estimate of drug-likeness (QED) is 0.817. The molecule has 0 saturated carbocycles. The van der Waals surface area contributed by atoms with Gasteiger partial charge in [0.05, 0.1) is 4.88 Å². The maximum absolute atomic E-state index is 5.90. The zero-order chi connectivity index (χ0) is 10.1. The van der Waals surface area contributed by atoms with Gasteiger partial charge in [-0.25, -0.2) is 4.37 Å². The number of aromatic nitrogens is 3. The molecule has 0 fully saturated rings. The summed E-state index contributed by atoms with van der Waals surface area (Å²) in [6.45, 7) is 2.08. The number of nitrogens with two attached hydrogens (primary N) is 1. The minimum atomic E-state index is 0.746. The van der Waals surface area contributed by atoms with Gasteiger partial charge in [0, 0.05) is 18.8 Å². The van der Waals surface area contributed by atoms with Crippen molar-refractivity contribution >= 4 is 17.4 Å². The molecule has 0 bridgehead atoms. The van der Waals surface area contributed by atoms with E-state index in [2.05, 4.69) is 16.4 Å². The monoisotopic (exact) mass is 208 g/mol. The van der Waals surface area contributed by atoms with Crippen LogP contribution in [0.2, 0.25) is 0 Å². The first-order valence-electron chi connectivity index (χ1n) is 4.46. The van der Waals surface area contributed by atoms with Crippen molar-refractivity contribution in [2.24, 2.45) is 7.05 Å². The van der Waals surface area contributed by atoms with Crippen molar-refractivity contribution in [3.05, 3.63) is 17.8 Å². The number of nitrogens with zero attached hydrogens (tertiary/aromatic N) is 3. The fourth-order valence-corrected chi connectivity index (χ4v) is 2.07. The van der Waals surface area contributed by atoms with Crippen LogP contribution in [0, 0.1) is 0 Å². The maximum Gasteiger partial charge on any atom is 0.125 e. The Kier molecular flexibility index (Phi) is 2.25. The normalized spacial score (nSPS) is 10.7. The second kappa shape index (κ2) is 3.42. The number of anilines is 1. The Hall–Kier alpha value is -1.36. The van der Waals surface area contributed by atoms with Crippen molar-refractivity contribution in [2.45, 2.75) is 13.3 Å². The molecule has 0 amide bonds. The zero-order valence-electron chi connectivity index (χ0n) is 8.19. The second-order valence-corrected chi connectivity index (χ2v) is 3.90. The molecule has 0 aliphatic heterocycles. The number of hydrogen-bond acceptors (Lipinski definition) is 4. The summed E-state index contributed by atoms with van der Waals surface area (Å²) in [5, 5.41) is 4.39. The lowest BCUT2D eigenvalue weighted by Gasteiger charge is -1.96. The number of hydrogen-bond donors (Lipinski definition) is 1. The summed E-state index contributed by atoms with van der Waals surface area (Å²) in [6.07, 6.45) is 2.68. The Balaban J connectivity index is 2.59. The molecule has 0 atom stereocenters. The third-order valence-electron chi connectivity index (χ3n) is 2.22. The minimum Gasteiger partial charge on any atom is -0.384 e. The predicted octanol–water partition coefficient (Wildman–Crippen LogP) is 1.69. The molecule has 14 heavy (non-hydrogen) atoms. The SMILES string of the molecule is CCc1c(-c2ccns2)nn(C)c1N. The molecule has 0 aromatic carbocycles. The lowest BCUT2D eigenvalue weighted by Crippen LogP contribution is -1.98. The zero-order valence-corrected chi connectivity index (χ0v) is 9.01. The van der Waals surface area contributed by atoms with Gasteiger partial charge in [0.1, 0.15) is 11.5 Å². The second-order valence-electron chi connectivity index (χ2n) is 3.07. The molecule has 0 unspecified atom stereocenters. The average Bonchev–Trinajstić information content (AvgIpc) is 2.76. The molecule has 2 N–H and O–H groups in total. The van der Waals surface area contributed by atoms with Gasteiger partial charge in [-0.1, -0.05) is 6.92 Å². The van der Waals surface area contributed by atoms with Crippen molar-refractivity contribution < 1.29 is 0 Å². The van der Waals surface area contributed by atoms with Gasteiger partial charge >= 0.3 is 0 Å². The van der Waals surface area contributed by atoms with Crippen LogP contribution in [0.5, 0.6) is 0 Å². The van der Waals surface area contributed by atoms with E-state index in [9.17, 15) is 0 Å². The Morgan fingerprint density at radius 1 is 1.57 bits per heavy atom. The lowest BCUT2D eigenvalue weighted by molar-refractivity contribution is 0.782. The first kappa shape index (κ1) is 9.21. The Bertz CT molecular complexity index is 430. The van der Waals surface area contributed by atoms with Gasteiger partial charge in [0.15, 0.2) is 0 Å². The molecule has 2 aromatic heterocycles. The summed E-state index contributed by atoms with van der Waals surface area (Å²) in [7, 11) is 1.86. The van der Waals surface area contributed by atoms with Crippen LogP contribution in [0.3, 0.4) is 0 Å². The summed E-state index contributed by atoms with van der Waals surface area (Å²) in [6, 6.07) is 1.96. The van der Waals surface area contributed by atoms with E-state index in [1.165, 1.54) is 11.5 Å². The molecular formula is C9H12N4S. The summed E-state index contributed by atoms with van der Waals surface area (Å²) >= 11 is 1.45. The van der Waals surface area contributed by atoms with Crippen LogP contribution in [0.4, 0.5) is 5.82 Å². The van der Waals surface area contributed by atoms with Crippen molar-refractivity contribution in [2.75, 3.05) is 5.73 Å². The van der Waals surface area contributed by atoms with E-state index in [4.69, 9.17) is 5.73 Å². The Labute approximate surface area is 86.5 Å². The van der Waals surface area contributed by atoms with Crippen LogP contribution in [-0.2, 0) is 13.5 Å². The van der Waals surface area contributed by atoms with E-state index < -0.39 is 0 Å². The number of aryl methyl sites for hydroxylation is 1. The first-order valence-corrected chi connectivity index (χ1v) is 5.23. The highest BCUT2D eigenvalue weighted by Gasteiger charge is 2.14.